The maximum Gasteiger partial charge on any atom is 0.416 e. The predicted octanol–water partition coefficient (Wildman–Crippen LogP) is 7.33. The molecule has 0 bridgehead atoms. The van der Waals surface area contributed by atoms with E-state index in [-0.39, 0.29) is 12.2 Å². The minimum atomic E-state index is -4.55. The number of hydrogen-bond donors (Lipinski definition) is 0. The molecule has 9 nitrogen and oxygen atoms in total. The molecule has 45 heavy (non-hydrogen) atoms. The third-order valence-electron chi connectivity index (χ3n) is 7.60. The van der Waals surface area contributed by atoms with Crippen LogP contribution in [0.3, 0.4) is 0 Å². The van der Waals surface area contributed by atoms with Gasteiger partial charge in [-0.3, -0.25) is 4.79 Å². The SMILES string of the molecule is COc1cc(OCc2ccc3c(c2)N(C(=O)c2cc(C)cc(C(F)(F)F)c2)CC3)c2cc(-c3cn4nc(OC)sc4n3)oc2c1. The molecule has 4 heterocycles. The van der Waals surface area contributed by atoms with E-state index in [1.54, 1.807) is 44.0 Å². The number of imidazole rings is 1. The van der Waals surface area contributed by atoms with Crippen LogP contribution in [0.25, 0.3) is 27.4 Å². The quantitative estimate of drug-likeness (QED) is 0.182. The number of methoxy groups -OCH3 is 2. The van der Waals surface area contributed by atoms with Crippen LogP contribution in [0.15, 0.2) is 65.2 Å². The molecule has 0 fully saturated rings. The average Bonchev–Trinajstić information content (AvgIpc) is 3.80. The molecule has 0 aliphatic carbocycles. The summed E-state index contributed by atoms with van der Waals surface area (Å²) in [5, 5.41) is 5.52. The second kappa shape index (κ2) is 10.8. The minimum Gasteiger partial charge on any atom is -0.496 e. The summed E-state index contributed by atoms with van der Waals surface area (Å²) in [6.07, 6.45) is -2.19. The zero-order valence-corrected chi connectivity index (χ0v) is 25.1. The molecule has 6 aromatic rings. The average molecular weight is 635 g/mol. The van der Waals surface area contributed by atoms with E-state index in [0.29, 0.717) is 68.3 Å². The molecular weight excluding hydrogens is 609 g/mol. The van der Waals surface area contributed by atoms with E-state index in [9.17, 15) is 18.0 Å². The Hall–Kier alpha value is -5.04. The first kappa shape index (κ1) is 28.7. The highest BCUT2D eigenvalue weighted by molar-refractivity contribution is 7.18. The largest absolute Gasteiger partial charge is 0.496 e. The lowest BCUT2D eigenvalue weighted by atomic mass is 10.0. The lowest BCUT2D eigenvalue weighted by Gasteiger charge is -2.19. The van der Waals surface area contributed by atoms with Crippen molar-refractivity contribution in [3.05, 3.63) is 88.6 Å². The van der Waals surface area contributed by atoms with Gasteiger partial charge in [-0.25, -0.2) is 9.50 Å². The molecular formula is C32H25F3N4O5S. The number of aromatic nitrogens is 3. The monoisotopic (exact) mass is 634 g/mol. The Morgan fingerprint density at radius 1 is 1.07 bits per heavy atom. The number of ether oxygens (including phenoxy) is 3. The summed E-state index contributed by atoms with van der Waals surface area (Å²) in [4.78, 5) is 20.2. The third-order valence-corrected chi connectivity index (χ3v) is 8.48. The highest BCUT2D eigenvalue weighted by atomic mass is 32.1. The van der Waals surface area contributed by atoms with E-state index in [2.05, 4.69) is 10.1 Å². The number of aryl methyl sites for hydroxylation is 1. The molecule has 0 spiro atoms. The predicted molar refractivity (Wildman–Crippen MR) is 162 cm³/mol. The number of hydrogen-bond acceptors (Lipinski definition) is 8. The van der Waals surface area contributed by atoms with Crippen molar-refractivity contribution in [1.82, 2.24) is 14.6 Å². The smallest absolute Gasteiger partial charge is 0.416 e. The van der Waals surface area contributed by atoms with Crippen LogP contribution in [0.4, 0.5) is 18.9 Å². The van der Waals surface area contributed by atoms with E-state index < -0.39 is 17.6 Å². The number of anilines is 1. The van der Waals surface area contributed by atoms with E-state index in [1.807, 2.05) is 24.3 Å². The number of carbonyl (C=O) groups is 1. The van der Waals surface area contributed by atoms with E-state index in [0.717, 1.165) is 23.3 Å². The molecule has 0 unspecified atom stereocenters. The first-order chi connectivity index (χ1) is 21.6. The van der Waals surface area contributed by atoms with Gasteiger partial charge in [0.2, 0.25) is 4.96 Å². The molecule has 0 saturated heterocycles. The minimum absolute atomic E-state index is 0.00108. The number of amides is 1. The van der Waals surface area contributed by atoms with Crippen molar-refractivity contribution in [1.29, 1.82) is 0 Å². The molecule has 0 atom stereocenters. The molecule has 13 heteroatoms. The normalized spacial score (nSPS) is 13.1. The van der Waals surface area contributed by atoms with Crippen molar-refractivity contribution in [3.63, 3.8) is 0 Å². The summed E-state index contributed by atoms with van der Waals surface area (Å²) < 4.78 is 64.9. The standard InChI is InChI=1S/C32H25F3N4O5S/c1-17-8-20(11-21(9-17)32(33,34)35)29(40)38-7-6-19-5-4-18(10-25(19)38)16-43-26-12-22(41-2)13-27-23(26)14-28(44-27)24-15-39-30(36-24)45-31(37-39)42-3/h4-5,8-15H,6-7,16H2,1-3H3. The molecule has 1 aliphatic rings. The summed E-state index contributed by atoms with van der Waals surface area (Å²) in [6, 6.07) is 14.5. The number of fused-ring (bicyclic) bond motifs is 3. The Labute approximate surface area is 258 Å². The number of furan rings is 1. The Morgan fingerprint density at radius 2 is 1.91 bits per heavy atom. The molecule has 0 N–H and O–H groups in total. The molecule has 1 aliphatic heterocycles. The topological polar surface area (TPSA) is 91.3 Å². The number of nitrogens with zero attached hydrogens (tertiary/aromatic N) is 4. The van der Waals surface area contributed by atoms with Crippen LogP contribution in [-0.4, -0.2) is 41.3 Å². The van der Waals surface area contributed by atoms with Crippen LogP contribution in [0, 0.1) is 6.92 Å². The fourth-order valence-corrected chi connectivity index (χ4v) is 6.14. The third kappa shape index (κ3) is 5.33. The number of carbonyl (C=O) groups excluding carboxylic acids is 1. The van der Waals surface area contributed by atoms with Crippen molar-refractivity contribution in [2.45, 2.75) is 26.1 Å². The fraction of sp³-hybridized carbons (Fsp3) is 0.219. The fourth-order valence-electron chi connectivity index (χ4n) is 5.44. The van der Waals surface area contributed by atoms with E-state index in [1.165, 1.54) is 22.3 Å². The van der Waals surface area contributed by atoms with Crippen molar-refractivity contribution >= 4 is 38.9 Å². The lowest BCUT2D eigenvalue weighted by molar-refractivity contribution is -0.137. The van der Waals surface area contributed by atoms with Gasteiger partial charge in [-0.15, -0.1) is 5.10 Å². The first-order valence-corrected chi connectivity index (χ1v) is 14.7. The number of halogens is 3. The zero-order valence-electron chi connectivity index (χ0n) is 24.3. The van der Waals surface area contributed by atoms with Crippen molar-refractivity contribution in [3.8, 4) is 28.1 Å². The summed E-state index contributed by atoms with van der Waals surface area (Å²) in [5.41, 5.74) is 3.03. The molecule has 3 aromatic carbocycles. The van der Waals surface area contributed by atoms with Gasteiger partial charge in [0, 0.05) is 29.9 Å². The van der Waals surface area contributed by atoms with Crippen molar-refractivity contribution < 1.29 is 36.6 Å². The van der Waals surface area contributed by atoms with Crippen LogP contribution < -0.4 is 19.1 Å². The summed E-state index contributed by atoms with van der Waals surface area (Å²) in [6.45, 7) is 2.07. The Bertz CT molecular complexity index is 2070. The number of benzene rings is 3. The molecule has 0 radical (unpaired) electrons. The molecule has 1 amide bonds. The van der Waals surface area contributed by atoms with Gasteiger partial charge in [-0.2, -0.15) is 13.2 Å². The van der Waals surface area contributed by atoms with Crippen LogP contribution in [0.2, 0.25) is 0 Å². The lowest BCUT2D eigenvalue weighted by Crippen LogP contribution is -2.29. The van der Waals surface area contributed by atoms with Gasteiger partial charge in [0.25, 0.3) is 11.1 Å². The van der Waals surface area contributed by atoms with Crippen LogP contribution in [-0.2, 0) is 19.2 Å². The molecule has 3 aromatic heterocycles. The van der Waals surface area contributed by atoms with Crippen LogP contribution >= 0.6 is 11.3 Å². The highest BCUT2D eigenvalue weighted by Gasteiger charge is 2.33. The maximum absolute atomic E-state index is 13.4. The van der Waals surface area contributed by atoms with Gasteiger partial charge in [0.1, 0.15) is 29.4 Å². The van der Waals surface area contributed by atoms with Crippen LogP contribution in [0.1, 0.15) is 32.6 Å². The molecule has 230 valence electrons. The molecule has 0 saturated carbocycles. The zero-order chi connectivity index (χ0) is 31.5. The Balaban J connectivity index is 1.15. The van der Waals surface area contributed by atoms with Gasteiger partial charge < -0.3 is 23.5 Å². The van der Waals surface area contributed by atoms with Gasteiger partial charge in [0.05, 0.1) is 31.4 Å². The van der Waals surface area contributed by atoms with Crippen molar-refractivity contribution in [2.75, 3.05) is 25.7 Å². The highest BCUT2D eigenvalue weighted by Crippen LogP contribution is 2.38. The molecule has 7 rings (SSSR count). The Morgan fingerprint density at radius 3 is 2.67 bits per heavy atom. The maximum atomic E-state index is 13.4. The second-order valence-electron chi connectivity index (χ2n) is 10.6. The number of alkyl halides is 3. The Kier molecular flexibility index (Phi) is 6.92. The van der Waals surface area contributed by atoms with E-state index in [4.69, 9.17) is 18.6 Å². The van der Waals surface area contributed by atoms with Gasteiger partial charge >= 0.3 is 6.18 Å². The first-order valence-electron chi connectivity index (χ1n) is 13.9. The van der Waals surface area contributed by atoms with Crippen molar-refractivity contribution in [2.24, 2.45) is 0 Å². The summed E-state index contributed by atoms with van der Waals surface area (Å²) in [5.74, 6) is 1.11. The van der Waals surface area contributed by atoms with Gasteiger partial charge in [0.15, 0.2) is 5.76 Å². The van der Waals surface area contributed by atoms with Crippen LogP contribution in [0.5, 0.6) is 16.7 Å². The van der Waals surface area contributed by atoms with E-state index >= 15 is 0 Å². The summed E-state index contributed by atoms with van der Waals surface area (Å²) >= 11 is 1.31. The second-order valence-corrected chi connectivity index (χ2v) is 11.5. The number of rotatable bonds is 7. The van der Waals surface area contributed by atoms with Gasteiger partial charge in [-0.05, 0) is 71.7 Å². The van der Waals surface area contributed by atoms with Gasteiger partial charge in [-0.1, -0.05) is 12.1 Å². The summed E-state index contributed by atoms with van der Waals surface area (Å²) in [7, 11) is 3.10.